The van der Waals surface area contributed by atoms with Crippen molar-refractivity contribution in [2.45, 2.75) is 13.8 Å². The van der Waals surface area contributed by atoms with E-state index < -0.39 is 6.09 Å². The molecule has 0 saturated heterocycles. The molecule has 0 bridgehead atoms. The van der Waals surface area contributed by atoms with Gasteiger partial charge in [-0.1, -0.05) is 36.4 Å². The summed E-state index contributed by atoms with van der Waals surface area (Å²) in [6, 6.07) is 9.64. The molecule has 1 aromatic rings. The van der Waals surface area contributed by atoms with Crippen LogP contribution in [-0.2, 0) is 4.74 Å². The Morgan fingerprint density at radius 2 is 2.07 bits per heavy atom. The minimum atomic E-state index is -0.422. The maximum atomic E-state index is 11.2. The SMILES string of the molecule is C/C=C(\NC(=O)OCC)c1ccccc1. The second-order valence-electron chi connectivity index (χ2n) is 2.91. The van der Waals surface area contributed by atoms with Gasteiger partial charge in [0.15, 0.2) is 0 Å². The molecular weight excluding hydrogens is 190 g/mol. The normalized spacial score (nSPS) is 10.9. The molecule has 0 aliphatic heterocycles. The van der Waals surface area contributed by atoms with Crippen LogP contribution in [0.1, 0.15) is 19.4 Å². The molecule has 80 valence electrons. The van der Waals surface area contributed by atoms with Crippen LogP contribution in [0.4, 0.5) is 4.79 Å². The molecule has 0 spiro atoms. The Morgan fingerprint density at radius 3 is 2.60 bits per heavy atom. The van der Waals surface area contributed by atoms with Gasteiger partial charge in [-0.25, -0.2) is 4.79 Å². The Morgan fingerprint density at radius 1 is 1.40 bits per heavy atom. The predicted molar refractivity (Wildman–Crippen MR) is 60.3 cm³/mol. The molecular formula is C12H15NO2. The van der Waals surface area contributed by atoms with Gasteiger partial charge in [-0.3, -0.25) is 5.32 Å². The fourth-order valence-electron chi connectivity index (χ4n) is 1.21. The zero-order chi connectivity index (χ0) is 11.1. The number of hydrogen-bond donors (Lipinski definition) is 1. The number of ether oxygens (including phenoxy) is 1. The van der Waals surface area contributed by atoms with Crippen LogP contribution in [0.3, 0.4) is 0 Å². The maximum Gasteiger partial charge on any atom is 0.411 e. The first-order chi connectivity index (χ1) is 7.27. The summed E-state index contributed by atoms with van der Waals surface area (Å²) in [4.78, 5) is 11.2. The van der Waals surface area contributed by atoms with Crippen molar-refractivity contribution >= 4 is 11.8 Å². The molecule has 0 unspecified atom stereocenters. The number of hydrogen-bond acceptors (Lipinski definition) is 2. The fraction of sp³-hybridized carbons (Fsp3) is 0.250. The van der Waals surface area contributed by atoms with E-state index in [9.17, 15) is 4.79 Å². The summed E-state index contributed by atoms with van der Waals surface area (Å²) in [6.45, 7) is 4.02. The first-order valence-corrected chi connectivity index (χ1v) is 4.93. The molecule has 0 radical (unpaired) electrons. The van der Waals surface area contributed by atoms with Crippen molar-refractivity contribution in [2.75, 3.05) is 6.61 Å². The Bertz CT molecular complexity index is 344. The monoisotopic (exact) mass is 205 g/mol. The van der Waals surface area contributed by atoms with Gasteiger partial charge in [-0.2, -0.15) is 0 Å². The summed E-state index contributed by atoms with van der Waals surface area (Å²) < 4.78 is 4.80. The summed E-state index contributed by atoms with van der Waals surface area (Å²) in [5.74, 6) is 0. The molecule has 0 fully saturated rings. The van der Waals surface area contributed by atoms with Crippen LogP contribution >= 0.6 is 0 Å². The molecule has 0 atom stereocenters. The van der Waals surface area contributed by atoms with Gasteiger partial charge in [0, 0.05) is 5.70 Å². The van der Waals surface area contributed by atoms with Crippen molar-refractivity contribution in [2.24, 2.45) is 0 Å². The van der Waals surface area contributed by atoms with Gasteiger partial charge >= 0.3 is 6.09 Å². The largest absolute Gasteiger partial charge is 0.450 e. The van der Waals surface area contributed by atoms with E-state index >= 15 is 0 Å². The highest BCUT2D eigenvalue weighted by Crippen LogP contribution is 2.10. The first kappa shape index (κ1) is 11.3. The lowest BCUT2D eigenvalue weighted by Crippen LogP contribution is -2.22. The first-order valence-electron chi connectivity index (χ1n) is 4.93. The van der Waals surface area contributed by atoms with Gasteiger partial charge in [-0.15, -0.1) is 0 Å². The summed E-state index contributed by atoms with van der Waals surface area (Å²) in [7, 11) is 0. The van der Waals surface area contributed by atoms with Gasteiger partial charge in [0.2, 0.25) is 0 Å². The van der Waals surface area contributed by atoms with Crippen LogP contribution in [-0.4, -0.2) is 12.7 Å². The van der Waals surface area contributed by atoms with E-state index in [1.807, 2.05) is 43.3 Å². The summed E-state index contributed by atoms with van der Waals surface area (Å²) in [5.41, 5.74) is 1.72. The number of amides is 1. The lowest BCUT2D eigenvalue weighted by molar-refractivity contribution is 0.157. The van der Waals surface area contributed by atoms with E-state index in [4.69, 9.17) is 4.74 Å². The smallest absolute Gasteiger partial charge is 0.411 e. The third-order valence-corrected chi connectivity index (χ3v) is 1.89. The zero-order valence-electron chi connectivity index (χ0n) is 8.99. The minimum absolute atomic E-state index is 0.373. The molecule has 15 heavy (non-hydrogen) atoms. The summed E-state index contributed by atoms with van der Waals surface area (Å²) in [5, 5.41) is 2.68. The number of carbonyl (C=O) groups excluding carboxylic acids is 1. The van der Waals surface area contributed by atoms with Crippen molar-refractivity contribution in [3.63, 3.8) is 0 Å². The van der Waals surface area contributed by atoms with Crippen LogP contribution < -0.4 is 5.32 Å². The van der Waals surface area contributed by atoms with Crippen molar-refractivity contribution in [1.82, 2.24) is 5.32 Å². The van der Waals surface area contributed by atoms with Gasteiger partial charge in [0.25, 0.3) is 0 Å². The van der Waals surface area contributed by atoms with Gasteiger partial charge < -0.3 is 4.74 Å². The predicted octanol–water partition coefficient (Wildman–Crippen LogP) is 2.79. The number of carbonyl (C=O) groups is 1. The Hall–Kier alpha value is -1.77. The van der Waals surface area contributed by atoms with Crippen LogP contribution in [0.2, 0.25) is 0 Å². The highest BCUT2D eigenvalue weighted by atomic mass is 16.5. The zero-order valence-corrected chi connectivity index (χ0v) is 8.99. The van der Waals surface area contributed by atoms with E-state index in [-0.39, 0.29) is 0 Å². The van der Waals surface area contributed by atoms with E-state index in [2.05, 4.69) is 5.32 Å². The number of alkyl carbamates (subject to hydrolysis) is 1. The molecule has 1 N–H and O–H groups in total. The molecule has 0 aliphatic carbocycles. The lowest BCUT2D eigenvalue weighted by Gasteiger charge is -2.09. The Labute approximate surface area is 89.8 Å². The number of rotatable bonds is 3. The topological polar surface area (TPSA) is 38.3 Å². The number of nitrogens with one attached hydrogen (secondary N) is 1. The van der Waals surface area contributed by atoms with Crippen molar-refractivity contribution in [3.05, 3.63) is 42.0 Å². The highest BCUT2D eigenvalue weighted by molar-refractivity contribution is 5.81. The molecule has 3 heteroatoms. The van der Waals surface area contributed by atoms with E-state index in [1.54, 1.807) is 6.92 Å². The van der Waals surface area contributed by atoms with E-state index in [0.29, 0.717) is 6.61 Å². The Kier molecular flexibility index (Phi) is 4.41. The highest BCUT2D eigenvalue weighted by Gasteiger charge is 2.05. The summed E-state index contributed by atoms with van der Waals surface area (Å²) in [6.07, 6.45) is 1.42. The van der Waals surface area contributed by atoms with Crippen LogP contribution in [0.5, 0.6) is 0 Å². The molecule has 0 aromatic heterocycles. The van der Waals surface area contributed by atoms with Crippen LogP contribution in [0.15, 0.2) is 36.4 Å². The van der Waals surface area contributed by atoms with E-state index in [1.165, 1.54) is 0 Å². The fourth-order valence-corrected chi connectivity index (χ4v) is 1.21. The quantitative estimate of drug-likeness (QED) is 0.824. The van der Waals surface area contributed by atoms with Gasteiger partial charge in [0.1, 0.15) is 0 Å². The van der Waals surface area contributed by atoms with Gasteiger partial charge in [0.05, 0.1) is 6.61 Å². The third kappa shape index (κ3) is 3.46. The molecule has 0 aliphatic rings. The van der Waals surface area contributed by atoms with Crippen molar-refractivity contribution < 1.29 is 9.53 Å². The molecule has 1 amide bonds. The molecule has 1 rings (SSSR count). The number of benzene rings is 1. The molecule has 1 aromatic carbocycles. The molecule has 0 heterocycles. The average molecular weight is 205 g/mol. The van der Waals surface area contributed by atoms with Crippen molar-refractivity contribution in [3.8, 4) is 0 Å². The minimum Gasteiger partial charge on any atom is -0.450 e. The third-order valence-electron chi connectivity index (χ3n) is 1.89. The molecule has 3 nitrogen and oxygen atoms in total. The lowest BCUT2D eigenvalue weighted by atomic mass is 10.1. The maximum absolute atomic E-state index is 11.2. The molecule has 0 saturated carbocycles. The second-order valence-corrected chi connectivity index (χ2v) is 2.91. The number of allylic oxidation sites excluding steroid dienone is 1. The average Bonchev–Trinajstić information content (AvgIpc) is 2.27. The van der Waals surface area contributed by atoms with E-state index in [0.717, 1.165) is 11.3 Å². The van der Waals surface area contributed by atoms with Crippen LogP contribution in [0.25, 0.3) is 5.70 Å². The second kappa shape index (κ2) is 5.86. The standard InChI is InChI=1S/C12H15NO2/c1-3-11(13-12(14)15-4-2)10-8-6-5-7-9-10/h3,5-9H,4H2,1-2H3,(H,13,14)/b11-3-. The van der Waals surface area contributed by atoms with Crippen LogP contribution in [0, 0.1) is 0 Å². The summed E-state index contributed by atoms with van der Waals surface area (Å²) >= 11 is 0. The van der Waals surface area contributed by atoms with Crippen molar-refractivity contribution in [1.29, 1.82) is 0 Å². The van der Waals surface area contributed by atoms with Gasteiger partial charge in [-0.05, 0) is 19.4 Å². The Balaban J connectivity index is 2.70.